The molecule has 2 aliphatic rings. The first-order valence-corrected chi connectivity index (χ1v) is 14.4. The van der Waals surface area contributed by atoms with E-state index in [1.807, 2.05) is 0 Å². The first kappa shape index (κ1) is 32.3. The number of ether oxygens (including phenoxy) is 2. The molecule has 2 N–H and O–H groups in total. The molecule has 0 unspecified atom stereocenters. The molecule has 11 nitrogen and oxygen atoms in total. The van der Waals surface area contributed by atoms with E-state index in [0.29, 0.717) is 62.7 Å². The van der Waals surface area contributed by atoms with Gasteiger partial charge in [-0.2, -0.15) is 13.2 Å². The molecule has 0 aliphatic carbocycles. The molecule has 236 valence electrons. The maximum atomic E-state index is 12.8. The van der Waals surface area contributed by atoms with Crippen LogP contribution < -0.4 is 15.5 Å². The minimum Gasteiger partial charge on any atom is -0.428 e. The number of oxazole rings is 1. The predicted molar refractivity (Wildman–Crippen MR) is 150 cm³/mol. The summed E-state index contributed by atoms with van der Waals surface area (Å²) >= 11 is 0. The van der Waals surface area contributed by atoms with E-state index in [-0.39, 0.29) is 43.9 Å². The van der Waals surface area contributed by atoms with Crippen molar-refractivity contribution >= 4 is 24.0 Å². The highest BCUT2D eigenvalue weighted by Gasteiger charge is 2.30. The third-order valence-corrected chi connectivity index (χ3v) is 7.29. The number of anilines is 1. The highest BCUT2D eigenvalue weighted by Crippen LogP contribution is 2.29. The van der Waals surface area contributed by atoms with Gasteiger partial charge in [0.1, 0.15) is 25.5 Å². The fraction of sp³-hybridized carbons (Fsp3) is 0.586. The molecule has 2 saturated heterocycles. The van der Waals surface area contributed by atoms with Gasteiger partial charge in [0, 0.05) is 45.9 Å². The molecule has 4 rings (SSSR count). The average molecular weight is 610 g/mol. The lowest BCUT2D eigenvalue weighted by Gasteiger charge is -2.24. The van der Waals surface area contributed by atoms with Crippen LogP contribution in [0.5, 0.6) is 0 Å². The van der Waals surface area contributed by atoms with Crippen molar-refractivity contribution in [1.82, 2.24) is 15.6 Å². The number of rotatable bonds is 14. The second-order valence-corrected chi connectivity index (χ2v) is 10.6. The SMILES string of the molecule is O=C(CN(CC(=O)NCC1CCOCC1)c1ncc(CC=NOCc2ccc(C(F)(F)F)cc2)o1)NCC1CCOCC1. The Morgan fingerprint density at radius 1 is 0.953 bits per heavy atom. The van der Waals surface area contributed by atoms with Crippen LogP contribution in [0.3, 0.4) is 0 Å². The normalized spacial score (nSPS) is 16.7. The summed E-state index contributed by atoms with van der Waals surface area (Å²) in [5.41, 5.74) is -0.198. The molecule has 2 fully saturated rings. The van der Waals surface area contributed by atoms with Gasteiger partial charge in [-0.05, 0) is 55.2 Å². The van der Waals surface area contributed by atoms with Crippen molar-refractivity contribution in [2.75, 3.05) is 57.5 Å². The smallest absolute Gasteiger partial charge is 0.416 e. The Bertz CT molecular complexity index is 1140. The second-order valence-electron chi connectivity index (χ2n) is 10.6. The van der Waals surface area contributed by atoms with Gasteiger partial charge in [-0.3, -0.25) is 9.59 Å². The zero-order valence-electron chi connectivity index (χ0n) is 23.9. The quantitative estimate of drug-likeness (QED) is 0.247. The van der Waals surface area contributed by atoms with E-state index < -0.39 is 11.7 Å². The number of alkyl halides is 3. The van der Waals surface area contributed by atoms with Crippen LogP contribution in [-0.2, 0) is 43.1 Å². The molecule has 1 aromatic carbocycles. The van der Waals surface area contributed by atoms with Gasteiger partial charge in [-0.25, -0.2) is 4.98 Å². The summed E-state index contributed by atoms with van der Waals surface area (Å²) in [5, 5.41) is 9.71. The van der Waals surface area contributed by atoms with Gasteiger partial charge in [-0.1, -0.05) is 17.3 Å². The Kier molecular flexibility index (Phi) is 12.2. The largest absolute Gasteiger partial charge is 0.428 e. The van der Waals surface area contributed by atoms with E-state index >= 15 is 0 Å². The third-order valence-electron chi connectivity index (χ3n) is 7.29. The van der Waals surface area contributed by atoms with Crippen molar-refractivity contribution in [3.05, 3.63) is 47.3 Å². The van der Waals surface area contributed by atoms with Crippen molar-refractivity contribution in [2.24, 2.45) is 17.0 Å². The number of carbonyl (C=O) groups is 2. The van der Waals surface area contributed by atoms with Crippen LogP contribution in [0.25, 0.3) is 0 Å². The predicted octanol–water partition coefficient (Wildman–Crippen LogP) is 3.33. The van der Waals surface area contributed by atoms with Crippen LogP contribution >= 0.6 is 0 Å². The monoisotopic (exact) mass is 609 g/mol. The number of hydrogen-bond acceptors (Lipinski definition) is 9. The van der Waals surface area contributed by atoms with Crippen molar-refractivity contribution in [2.45, 2.75) is 44.9 Å². The summed E-state index contributed by atoms with van der Waals surface area (Å²) in [4.78, 5) is 36.5. The molecule has 0 radical (unpaired) electrons. The number of nitrogens with zero attached hydrogens (tertiary/aromatic N) is 3. The topological polar surface area (TPSA) is 128 Å². The van der Waals surface area contributed by atoms with E-state index in [2.05, 4.69) is 20.8 Å². The number of oxime groups is 1. The minimum atomic E-state index is -4.40. The summed E-state index contributed by atoms with van der Waals surface area (Å²) < 4.78 is 54.7. The van der Waals surface area contributed by atoms with Gasteiger partial charge in [0.2, 0.25) is 11.8 Å². The van der Waals surface area contributed by atoms with Crippen LogP contribution in [0, 0.1) is 11.8 Å². The highest BCUT2D eigenvalue weighted by atomic mass is 19.4. The van der Waals surface area contributed by atoms with Crippen LogP contribution in [0.2, 0.25) is 0 Å². The van der Waals surface area contributed by atoms with Gasteiger partial charge >= 0.3 is 6.18 Å². The minimum absolute atomic E-state index is 0.00391. The Labute approximate surface area is 248 Å². The average Bonchev–Trinajstić information content (AvgIpc) is 3.48. The van der Waals surface area contributed by atoms with Crippen LogP contribution in [0.4, 0.5) is 19.2 Å². The van der Waals surface area contributed by atoms with E-state index in [1.54, 1.807) is 0 Å². The van der Waals surface area contributed by atoms with E-state index in [9.17, 15) is 22.8 Å². The highest BCUT2D eigenvalue weighted by molar-refractivity contribution is 5.85. The zero-order chi connectivity index (χ0) is 30.5. The van der Waals surface area contributed by atoms with Crippen molar-refractivity contribution in [3.8, 4) is 0 Å². The van der Waals surface area contributed by atoms with Gasteiger partial charge in [0.05, 0.1) is 18.0 Å². The summed E-state index contributed by atoms with van der Waals surface area (Å²) in [7, 11) is 0. The Hall–Kier alpha value is -3.65. The van der Waals surface area contributed by atoms with Gasteiger partial charge in [-0.15, -0.1) is 0 Å². The molecule has 2 amide bonds. The van der Waals surface area contributed by atoms with E-state index in [1.165, 1.54) is 29.4 Å². The first-order chi connectivity index (χ1) is 20.8. The lowest BCUT2D eigenvalue weighted by Crippen LogP contribution is -2.45. The molecule has 0 bridgehead atoms. The lowest BCUT2D eigenvalue weighted by molar-refractivity contribution is -0.137. The van der Waals surface area contributed by atoms with Gasteiger partial charge < -0.3 is 34.3 Å². The first-order valence-electron chi connectivity index (χ1n) is 14.4. The maximum Gasteiger partial charge on any atom is 0.416 e. The molecule has 1 aromatic heterocycles. The fourth-order valence-electron chi connectivity index (χ4n) is 4.69. The molecular weight excluding hydrogens is 571 g/mol. The number of hydrogen-bond donors (Lipinski definition) is 2. The van der Waals surface area contributed by atoms with Crippen molar-refractivity contribution in [1.29, 1.82) is 0 Å². The summed E-state index contributed by atoms with van der Waals surface area (Å²) in [6.07, 6.45) is 2.26. The fourth-order valence-corrected chi connectivity index (χ4v) is 4.69. The van der Waals surface area contributed by atoms with E-state index in [4.69, 9.17) is 18.7 Å². The molecular formula is C29H38F3N5O6. The molecule has 0 atom stereocenters. The maximum absolute atomic E-state index is 12.8. The summed E-state index contributed by atoms with van der Waals surface area (Å²) in [6.45, 7) is 3.57. The van der Waals surface area contributed by atoms with Crippen LogP contribution in [0.15, 0.2) is 40.0 Å². The Morgan fingerprint density at radius 3 is 2.05 bits per heavy atom. The number of halogens is 3. The van der Waals surface area contributed by atoms with Crippen LogP contribution in [-0.4, -0.2) is 75.6 Å². The van der Waals surface area contributed by atoms with Crippen LogP contribution in [0.1, 0.15) is 42.6 Å². The van der Waals surface area contributed by atoms with Crippen molar-refractivity contribution in [3.63, 3.8) is 0 Å². The lowest BCUT2D eigenvalue weighted by atomic mass is 10.0. The summed E-state index contributed by atoms with van der Waals surface area (Å²) in [5.74, 6) is 0.626. The van der Waals surface area contributed by atoms with E-state index in [0.717, 1.165) is 37.8 Å². The molecule has 3 heterocycles. The number of aromatic nitrogens is 1. The van der Waals surface area contributed by atoms with Gasteiger partial charge in [0.25, 0.3) is 6.01 Å². The van der Waals surface area contributed by atoms with Crippen molar-refractivity contribution < 1.29 is 41.5 Å². The third kappa shape index (κ3) is 11.2. The second kappa shape index (κ2) is 16.3. The number of amides is 2. The van der Waals surface area contributed by atoms with Gasteiger partial charge in [0.15, 0.2) is 0 Å². The molecule has 43 heavy (non-hydrogen) atoms. The zero-order valence-corrected chi connectivity index (χ0v) is 23.9. The number of carbonyl (C=O) groups excluding carboxylic acids is 2. The Morgan fingerprint density at radius 2 is 1.51 bits per heavy atom. The molecule has 0 spiro atoms. The molecule has 2 aromatic rings. The number of benzene rings is 1. The molecule has 14 heteroatoms. The number of nitrogens with one attached hydrogen (secondary N) is 2. The summed E-state index contributed by atoms with van der Waals surface area (Å²) in [6, 6.07) is 4.75. The molecule has 2 aliphatic heterocycles. The Balaban J connectivity index is 1.28. The molecule has 0 saturated carbocycles. The standard InChI is InChI=1S/C29H38F3N5O6/c30-29(31,32)24-3-1-23(2-4-24)20-42-36-10-5-25-17-35-28(43-25)37(18-26(38)33-15-21-6-11-40-12-7-21)19-27(39)34-16-22-8-13-41-14-9-22/h1-4,10,17,21-22H,5-9,11-16,18-20H2,(H,33,38)(H,34,39).